The van der Waals surface area contributed by atoms with Crippen LogP contribution in [0.3, 0.4) is 0 Å². The van der Waals surface area contributed by atoms with Gasteiger partial charge in [-0.25, -0.2) is 4.39 Å². The van der Waals surface area contributed by atoms with Gasteiger partial charge in [-0.15, -0.1) is 0 Å². The quantitative estimate of drug-likeness (QED) is 0.338. The van der Waals surface area contributed by atoms with Crippen LogP contribution < -0.4 is 5.32 Å². The van der Waals surface area contributed by atoms with Crippen LogP contribution in [0.5, 0.6) is 0 Å². The number of halogens is 1. The zero-order valence-electron chi connectivity index (χ0n) is 24.4. The molecule has 4 aromatic rings. The maximum absolute atomic E-state index is 16.2. The van der Waals surface area contributed by atoms with Crippen LogP contribution in [0, 0.1) is 22.6 Å². The predicted molar refractivity (Wildman–Crippen MR) is 158 cm³/mol. The molecule has 2 aromatic carbocycles. The topological polar surface area (TPSA) is 124 Å². The number of aromatic nitrogens is 3. The van der Waals surface area contributed by atoms with E-state index in [-0.39, 0.29) is 23.3 Å². The van der Waals surface area contributed by atoms with Crippen LogP contribution in [0.4, 0.5) is 4.39 Å². The number of carbonyl (C=O) groups excluding carboxylic acids is 2. The molecule has 0 bridgehead atoms. The molecule has 2 N–H and O–H groups in total. The van der Waals surface area contributed by atoms with E-state index in [9.17, 15) is 20.0 Å². The Labute approximate surface area is 249 Å². The van der Waals surface area contributed by atoms with Crippen molar-refractivity contribution >= 4 is 22.7 Å². The van der Waals surface area contributed by atoms with Crippen molar-refractivity contribution in [1.82, 2.24) is 25.0 Å². The molecule has 2 atom stereocenters. The Kier molecular flexibility index (Phi) is 7.11. The molecule has 2 fully saturated rings. The van der Waals surface area contributed by atoms with E-state index in [1.165, 1.54) is 0 Å². The molecule has 10 heteroatoms. The molecule has 2 aliphatic rings. The van der Waals surface area contributed by atoms with E-state index in [0.717, 1.165) is 11.1 Å². The Bertz CT molecular complexity index is 1790. The molecule has 0 radical (unpaired) electrons. The van der Waals surface area contributed by atoms with Gasteiger partial charge in [-0.2, -0.15) is 10.4 Å². The van der Waals surface area contributed by atoms with Crippen molar-refractivity contribution in [1.29, 1.82) is 5.26 Å². The highest BCUT2D eigenvalue weighted by atomic mass is 19.1. The third-order valence-electron chi connectivity index (χ3n) is 9.02. The van der Waals surface area contributed by atoms with Gasteiger partial charge >= 0.3 is 0 Å². The minimum atomic E-state index is -1.43. The highest BCUT2D eigenvalue weighted by Crippen LogP contribution is 2.48. The third kappa shape index (κ3) is 5.09. The third-order valence-corrected chi connectivity index (χ3v) is 9.02. The maximum atomic E-state index is 16.2. The van der Waals surface area contributed by atoms with Crippen molar-refractivity contribution in [2.75, 3.05) is 13.1 Å². The van der Waals surface area contributed by atoms with E-state index >= 15 is 4.39 Å². The maximum Gasteiger partial charge on any atom is 0.234 e. The second-order valence-electron chi connectivity index (χ2n) is 12.3. The van der Waals surface area contributed by atoms with E-state index in [1.807, 2.05) is 38.1 Å². The summed E-state index contributed by atoms with van der Waals surface area (Å²) >= 11 is 0. The molecule has 2 amide bonds. The second kappa shape index (κ2) is 10.7. The van der Waals surface area contributed by atoms with Crippen LogP contribution in [0.1, 0.15) is 61.3 Å². The zero-order valence-corrected chi connectivity index (χ0v) is 24.4. The number of likely N-dealkylation sites (tertiary alicyclic amines) is 1. The van der Waals surface area contributed by atoms with Crippen molar-refractivity contribution < 1.29 is 19.1 Å². The second-order valence-corrected chi connectivity index (χ2v) is 12.3. The molecule has 9 nitrogen and oxygen atoms in total. The summed E-state index contributed by atoms with van der Waals surface area (Å²) in [6.07, 6.45) is 4.16. The average Bonchev–Trinajstić information content (AvgIpc) is 3.36. The van der Waals surface area contributed by atoms with Crippen LogP contribution in [0.2, 0.25) is 0 Å². The Balaban J connectivity index is 1.22. The van der Waals surface area contributed by atoms with Crippen molar-refractivity contribution in [2.45, 2.75) is 51.2 Å². The standard InChI is InChI=1S/C33H33FN6O3/c1-32(2)19-40(17-20-4-6-21(7-5-20)30-23(15-35)18-39(3)38-30)13-12-33(32,43)26-9-10-27-25(29(26)34)14-22(16-36-27)24-8-11-28(41)37-31(24)42/h4-7,9-10,14,16,18,24,43H,8,11-13,17,19H2,1-3H3,(H,37,41,42)/t24-,33+/m1/s1. The minimum Gasteiger partial charge on any atom is -0.384 e. The number of hydrogen-bond donors (Lipinski definition) is 2. The summed E-state index contributed by atoms with van der Waals surface area (Å²) in [4.78, 5) is 30.7. The highest BCUT2D eigenvalue weighted by Gasteiger charge is 2.50. The molecule has 220 valence electrons. The first-order valence-corrected chi connectivity index (χ1v) is 14.4. The van der Waals surface area contributed by atoms with Crippen LogP contribution in [0.15, 0.2) is 54.9 Å². The molecule has 0 aliphatic carbocycles. The van der Waals surface area contributed by atoms with Gasteiger partial charge in [0.2, 0.25) is 11.8 Å². The van der Waals surface area contributed by atoms with E-state index in [1.54, 1.807) is 42.3 Å². The van der Waals surface area contributed by atoms with Gasteiger partial charge in [-0.3, -0.25) is 29.5 Å². The summed E-state index contributed by atoms with van der Waals surface area (Å²) in [7, 11) is 1.79. The molecule has 6 rings (SSSR count). The number of nitrogens with zero attached hydrogens (tertiary/aromatic N) is 5. The monoisotopic (exact) mass is 580 g/mol. The molecule has 2 aliphatic heterocycles. The van der Waals surface area contributed by atoms with Crippen molar-refractivity contribution in [2.24, 2.45) is 12.5 Å². The molecular formula is C33H33FN6O3. The lowest BCUT2D eigenvalue weighted by Crippen LogP contribution is -2.55. The van der Waals surface area contributed by atoms with Crippen molar-refractivity contribution in [3.8, 4) is 17.3 Å². The van der Waals surface area contributed by atoms with Crippen LogP contribution in [-0.2, 0) is 28.8 Å². The lowest BCUT2D eigenvalue weighted by atomic mass is 9.66. The first-order chi connectivity index (χ1) is 20.5. The molecule has 0 unspecified atom stereocenters. The number of pyridine rings is 1. The number of piperidine rings is 2. The van der Waals surface area contributed by atoms with Gasteiger partial charge in [0.25, 0.3) is 0 Å². The SMILES string of the molecule is Cn1cc(C#N)c(-c2ccc(CN3CC[C@](O)(c4ccc5ncc([C@H]6CCC(=O)NC6=O)cc5c4F)C(C)(C)C3)cc2)n1. The summed E-state index contributed by atoms with van der Waals surface area (Å²) in [6, 6.07) is 15.1. The van der Waals surface area contributed by atoms with Crippen LogP contribution in [-0.4, -0.2) is 49.7 Å². The summed E-state index contributed by atoms with van der Waals surface area (Å²) in [5.74, 6) is -1.83. The Morgan fingerprint density at radius 1 is 1.19 bits per heavy atom. The van der Waals surface area contributed by atoms with Crippen LogP contribution >= 0.6 is 0 Å². The first-order valence-electron chi connectivity index (χ1n) is 14.4. The fourth-order valence-corrected chi connectivity index (χ4v) is 6.57. The number of nitrogens with one attached hydrogen (secondary N) is 1. The largest absolute Gasteiger partial charge is 0.384 e. The fraction of sp³-hybridized carbons (Fsp3) is 0.364. The highest BCUT2D eigenvalue weighted by molar-refractivity contribution is 6.01. The Morgan fingerprint density at radius 2 is 1.95 bits per heavy atom. The number of aryl methyl sites for hydroxylation is 1. The van der Waals surface area contributed by atoms with Crippen molar-refractivity contribution in [3.63, 3.8) is 0 Å². The van der Waals surface area contributed by atoms with E-state index < -0.39 is 28.7 Å². The van der Waals surface area contributed by atoms with E-state index in [0.29, 0.717) is 54.8 Å². The number of benzene rings is 2. The molecule has 0 saturated carbocycles. The summed E-state index contributed by atoms with van der Waals surface area (Å²) in [5, 5.41) is 28.5. The predicted octanol–water partition coefficient (Wildman–Crippen LogP) is 4.29. The smallest absolute Gasteiger partial charge is 0.234 e. The summed E-state index contributed by atoms with van der Waals surface area (Å²) < 4.78 is 17.9. The van der Waals surface area contributed by atoms with Gasteiger partial charge in [0.15, 0.2) is 0 Å². The molecule has 2 saturated heterocycles. The Morgan fingerprint density at radius 3 is 2.65 bits per heavy atom. The average molecular weight is 581 g/mol. The molecule has 2 aromatic heterocycles. The van der Waals surface area contributed by atoms with E-state index in [4.69, 9.17) is 0 Å². The fourth-order valence-electron chi connectivity index (χ4n) is 6.57. The number of imide groups is 1. The molecule has 43 heavy (non-hydrogen) atoms. The molecule has 4 heterocycles. The van der Waals surface area contributed by atoms with Gasteiger partial charge in [0.05, 0.1) is 22.6 Å². The number of aliphatic hydroxyl groups is 1. The summed E-state index contributed by atoms with van der Waals surface area (Å²) in [5.41, 5.74) is 2.22. The normalized spacial score (nSPS) is 22.4. The summed E-state index contributed by atoms with van der Waals surface area (Å²) in [6.45, 7) is 5.66. The number of rotatable bonds is 5. The lowest BCUT2D eigenvalue weighted by molar-refractivity contribution is -0.134. The number of fused-ring (bicyclic) bond motifs is 1. The van der Waals surface area contributed by atoms with Gasteiger partial charge in [-0.05, 0) is 36.1 Å². The van der Waals surface area contributed by atoms with Gasteiger partial charge in [0.1, 0.15) is 17.6 Å². The van der Waals surface area contributed by atoms with Gasteiger partial charge in [-0.1, -0.05) is 44.2 Å². The number of carbonyl (C=O) groups is 2. The van der Waals surface area contributed by atoms with Gasteiger partial charge < -0.3 is 5.11 Å². The number of nitriles is 1. The minimum absolute atomic E-state index is 0.220. The van der Waals surface area contributed by atoms with Crippen LogP contribution in [0.25, 0.3) is 22.2 Å². The lowest BCUT2D eigenvalue weighted by Gasteiger charge is -2.50. The molecule has 0 spiro atoms. The number of hydrogen-bond acceptors (Lipinski definition) is 7. The van der Waals surface area contributed by atoms with E-state index in [2.05, 4.69) is 26.4 Å². The first kappa shape index (κ1) is 28.6. The number of amides is 2. The molecular weight excluding hydrogens is 547 g/mol. The van der Waals surface area contributed by atoms with Crippen molar-refractivity contribution in [3.05, 3.63) is 82.9 Å². The van der Waals surface area contributed by atoms with Gasteiger partial charge in [0, 0.05) is 67.4 Å². The zero-order chi connectivity index (χ0) is 30.5. The Hall–Kier alpha value is -4.46.